The minimum Gasteiger partial charge on any atom is -0.452 e. The summed E-state index contributed by atoms with van der Waals surface area (Å²) in [7, 11) is 0. The molecule has 1 saturated heterocycles. The second kappa shape index (κ2) is 10.9. The molecule has 9 nitrogen and oxygen atoms in total. The van der Waals surface area contributed by atoms with Gasteiger partial charge in [0.2, 0.25) is 0 Å². The molecule has 1 saturated carbocycles. The largest absolute Gasteiger partial charge is 0.452 e. The molecule has 1 aliphatic heterocycles. The van der Waals surface area contributed by atoms with Crippen molar-refractivity contribution < 1.29 is 24.0 Å². The number of hydrogen-bond donors (Lipinski definition) is 1. The molecule has 0 unspecified atom stereocenters. The molecular weight excluding hydrogens is 390 g/mol. The lowest BCUT2D eigenvalue weighted by atomic mass is 9.97. The SMILES string of the molecule is O=C(COC(=O)c1ccc(N2CCOCC2)c([N+](=O)[O-])c1)NC1CCCCCCC1. The summed E-state index contributed by atoms with van der Waals surface area (Å²) in [6, 6.07) is 4.37. The number of nitro benzene ring substituents is 1. The van der Waals surface area contributed by atoms with Crippen LogP contribution in [0.4, 0.5) is 11.4 Å². The van der Waals surface area contributed by atoms with Gasteiger partial charge in [-0.1, -0.05) is 32.1 Å². The highest BCUT2D eigenvalue weighted by Crippen LogP contribution is 2.30. The summed E-state index contributed by atoms with van der Waals surface area (Å²) >= 11 is 0. The van der Waals surface area contributed by atoms with Crippen molar-refractivity contribution >= 4 is 23.3 Å². The number of anilines is 1. The van der Waals surface area contributed by atoms with Crippen LogP contribution < -0.4 is 10.2 Å². The van der Waals surface area contributed by atoms with Gasteiger partial charge in [0, 0.05) is 25.2 Å². The molecule has 1 aliphatic carbocycles. The van der Waals surface area contributed by atoms with Crippen LogP contribution in [0.25, 0.3) is 0 Å². The predicted octanol–water partition coefficient (Wildman–Crippen LogP) is 2.82. The van der Waals surface area contributed by atoms with Crippen LogP contribution in [0.3, 0.4) is 0 Å². The topological polar surface area (TPSA) is 111 Å². The maximum Gasteiger partial charge on any atom is 0.338 e. The monoisotopic (exact) mass is 419 g/mol. The van der Waals surface area contributed by atoms with Crippen molar-refractivity contribution in [2.24, 2.45) is 0 Å². The Hall–Kier alpha value is -2.68. The molecule has 30 heavy (non-hydrogen) atoms. The number of nitrogens with one attached hydrogen (secondary N) is 1. The summed E-state index contributed by atoms with van der Waals surface area (Å²) < 4.78 is 10.4. The molecule has 0 aromatic heterocycles. The molecule has 164 valence electrons. The highest BCUT2D eigenvalue weighted by Gasteiger charge is 2.24. The number of carbonyl (C=O) groups is 2. The first-order valence-electron chi connectivity index (χ1n) is 10.6. The molecule has 1 amide bonds. The van der Waals surface area contributed by atoms with E-state index in [2.05, 4.69) is 5.32 Å². The Labute approximate surface area is 175 Å². The van der Waals surface area contributed by atoms with E-state index in [9.17, 15) is 19.7 Å². The number of amides is 1. The quantitative estimate of drug-likeness (QED) is 0.429. The molecular formula is C21H29N3O6. The zero-order valence-electron chi connectivity index (χ0n) is 17.1. The van der Waals surface area contributed by atoms with E-state index >= 15 is 0 Å². The third-order valence-corrected chi connectivity index (χ3v) is 5.56. The fourth-order valence-electron chi connectivity index (χ4n) is 3.95. The average Bonchev–Trinajstić information content (AvgIpc) is 2.74. The predicted molar refractivity (Wildman–Crippen MR) is 111 cm³/mol. The van der Waals surface area contributed by atoms with Gasteiger partial charge < -0.3 is 19.7 Å². The van der Waals surface area contributed by atoms with Crippen molar-refractivity contribution in [3.05, 3.63) is 33.9 Å². The van der Waals surface area contributed by atoms with Gasteiger partial charge in [0.25, 0.3) is 11.6 Å². The molecule has 0 spiro atoms. The molecule has 2 aliphatic rings. The number of benzene rings is 1. The van der Waals surface area contributed by atoms with Gasteiger partial charge in [-0.3, -0.25) is 14.9 Å². The third-order valence-electron chi connectivity index (χ3n) is 5.56. The zero-order chi connectivity index (χ0) is 21.3. The first-order valence-corrected chi connectivity index (χ1v) is 10.6. The Morgan fingerprint density at radius 2 is 1.80 bits per heavy atom. The van der Waals surface area contributed by atoms with Gasteiger partial charge in [-0.25, -0.2) is 4.79 Å². The number of hydrogen-bond acceptors (Lipinski definition) is 7. The van der Waals surface area contributed by atoms with Crippen molar-refractivity contribution in [2.75, 3.05) is 37.8 Å². The van der Waals surface area contributed by atoms with Crippen LogP contribution in [0.15, 0.2) is 18.2 Å². The lowest BCUT2D eigenvalue weighted by Crippen LogP contribution is -2.38. The Balaban J connectivity index is 1.57. The lowest BCUT2D eigenvalue weighted by Gasteiger charge is -2.28. The zero-order valence-corrected chi connectivity index (χ0v) is 17.1. The van der Waals surface area contributed by atoms with E-state index in [1.807, 2.05) is 4.90 Å². The number of morpholine rings is 1. The smallest absolute Gasteiger partial charge is 0.338 e. The molecule has 0 bridgehead atoms. The van der Waals surface area contributed by atoms with E-state index in [4.69, 9.17) is 9.47 Å². The van der Waals surface area contributed by atoms with Crippen molar-refractivity contribution in [3.8, 4) is 0 Å². The summed E-state index contributed by atoms with van der Waals surface area (Å²) in [5, 5.41) is 14.4. The molecule has 0 radical (unpaired) electrons. The molecule has 9 heteroatoms. The van der Waals surface area contributed by atoms with Gasteiger partial charge in [-0.2, -0.15) is 0 Å². The van der Waals surface area contributed by atoms with Crippen LogP contribution in [-0.2, 0) is 14.3 Å². The maximum absolute atomic E-state index is 12.3. The van der Waals surface area contributed by atoms with Crippen LogP contribution >= 0.6 is 0 Å². The molecule has 1 aromatic carbocycles. The molecule has 3 rings (SSSR count). The van der Waals surface area contributed by atoms with E-state index in [0.717, 1.165) is 25.7 Å². The average molecular weight is 419 g/mol. The van der Waals surface area contributed by atoms with Crippen LogP contribution in [0.2, 0.25) is 0 Å². The number of nitro groups is 1. The summed E-state index contributed by atoms with van der Waals surface area (Å²) in [6.45, 7) is 1.69. The van der Waals surface area contributed by atoms with E-state index in [1.165, 1.54) is 31.4 Å². The van der Waals surface area contributed by atoms with Crippen molar-refractivity contribution in [3.63, 3.8) is 0 Å². The molecule has 1 N–H and O–H groups in total. The normalized spacial score (nSPS) is 18.2. The summed E-state index contributed by atoms with van der Waals surface area (Å²) in [5.74, 6) is -1.09. The van der Waals surface area contributed by atoms with Crippen LogP contribution in [-0.4, -0.2) is 55.8 Å². The number of carbonyl (C=O) groups excluding carboxylic acids is 2. The van der Waals surface area contributed by atoms with E-state index in [-0.39, 0.29) is 23.2 Å². The van der Waals surface area contributed by atoms with E-state index < -0.39 is 17.5 Å². The second-order valence-corrected chi connectivity index (χ2v) is 7.75. The number of rotatable bonds is 6. The number of ether oxygens (including phenoxy) is 2. The second-order valence-electron chi connectivity index (χ2n) is 7.75. The Morgan fingerprint density at radius 3 is 2.47 bits per heavy atom. The molecule has 2 fully saturated rings. The van der Waals surface area contributed by atoms with Crippen molar-refractivity contribution in [1.29, 1.82) is 0 Å². The van der Waals surface area contributed by atoms with Crippen LogP contribution in [0, 0.1) is 10.1 Å². The Kier molecular flexibility index (Phi) is 8.01. The Bertz CT molecular complexity index is 755. The minimum atomic E-state index is -0.751. The van der Waals surface area contributed by atoms with Gasteiger partial charge >= 0.3 is 5.97 Å². The van der Waals surface area contributed by atoms with E-state index in [1.54, 1.807) is 6.07 Å². The standard InChI is InChI=1S/C21H29N3O6/c25-20(22-17-6-4-2-1-3-5-7-17)15-30-21(26)16-8-9-18(19(14-16)24(27)28)23-10-12-29-13-11-23/h8-9,14,17H,1-7,10-13,15H2,(H,22,25). The van der Waals surface area contributed by atoms with Gasteiger partial charge in [0.15, 0.2) is 6.61 Å². The van der Waals surface area contributed by atoms with Gasteiger partial charge in [0.05, 0.1) is 23.7 Å². The van der Waals surface area contributed by atoms with Crippen LogP contribution in [0.5, 0.6) is 0 Å². The number of esters is 1. The highest BCUT2D eigenvalue weighted by molar-refractivity contribution is 5.93. The van der Waals surface area contributed by atoms with E-state index in [0.29, 0.717) is 32.0 Å². The molecule has 0 atom stereocenters. The maximum atomic E-state index is 12.3. The summed E-state index contributed by atoms with van der Waals surface area (Å²) in [5.41, 5.74) is 0.338. The fraction of sp³-hybridized carbons (Fsp3) is 0.619. The first-order chi connectivity index (χ1) is 14.5. The van der Waals surface area contributed by atoms with Crippen molar-refractivity contribution in [1.82, 2.24) is 5.32 Å². The van der Waals surface area contributed by atoms with Crippen molar-refractivity contribution in [2.45, 2.75) is 51.0 Å². The van der Waals surface area contributed by atoms with Gasteiger partial charge in [0.1, 0.15) is 5.69 Å². The molecule has 1 heterocycles. The lowest BCUT2D eigenvalue weighted by molar-refractivity contribution is -0.384. The summed E-state index contributed by atoms with van der Waals surface area (Å²) in [4.78, 5) is 37.4. The fourth-order valence-corrected chi connectivity index (χ4v) is 3.95. The molecule has 1 aromatic rings. The number of nitrogens with zero attached hydrogens (tertiary/aromatic N) is 2. The van der Waals surface area contributed by atoms with Crippen LogP contribution in [0.1, 0.15) is 55.3 Å². The first kappa shape index (κ1) is 22.0. The highest BCUT2D eigenvalue weighted by atomic mass is 16.6. The third kappa shape index (κ3) is 6.16. The van der Waals surface area contributed by atoms with Gasteiger partial charge in [-0.15, -0.1) is 0 Å². The van der Waals surface area contributed by atoms with Gasteiger partial charge in [-0.05, 0) is 25.0 Å². The minimum absolute atomic E-state index is 0.0532. The Morgan fingerprint density at radius 1 is 1.13 bits per heavy atom. The summed E-state index contributed by atoms with van der Waals surface area (Å²) in [6.07, 6.45) is 7.66.